The van der Waals surface area contributed by atoms with Gasteiger partial charge in [-0.3, -0.25) is 4.79 Å². The van der Waals surface area contributed by atoms with Gasteiger partial charge in [0.1, 0.15) is 28.8 Å². The fraction of sp³-hybridized carbons (Fsp3) is 0.421. The van der Waals surface area contributed by atoms with Crippen LogP contribution in [0.4, 0.5) is 20.3 Å². The van der Waals surface area contributed by atoms with Crippen LogP contribution in [-0.4, -0.2) is 34.7 Å². The Morgan fingerprint density at radius 1 is 1.22 bits per heavy atom. The molecule has 1 aliphatic rings. The van der Waals surface area contributed by atoms with Gasteiger partial charge in [0.25, 0.3) is 0 Å². The molecule has 1 aromatic heterocycles. The molecule has 27 heavy (non-hydrogen) atoms. The van der Waals surface area contributed by atoms with Gasteiger partial charge in [0.2, 0.25) is 5.91 Å². The summed E-state index contributed by atoms with van der Waals surface area (Å²) in [4.78, 5) is 22.8. The van der Waals surface area contributed by atoms with Crippen molar-refractivity contribution in [1.82, 2.24) is 9.97 Å². The summed E-state index contributed by atoms with van der Waals surface area (Å²) >= 11 is 1.23. The van der Waals surface area contributed by atoms with Crippen molar-refractivity contribution in [2.75, 3.05) is 29.1 Å². The van der Waals surface area contributed by atoms with Crippen LogP contribution in [0.1, 0.15) is 20.3 Å². The van der Waals surface area contributed by atoms with Gasteiger partial charge in [-0.25, -0.2) is 18.7 Å². The van der Waals surface area contributed by atoms with Gasteiger partial charge in [-0.1, -0.05) is 25.6 Å². The van der Waals surface area contributed by atoms with E-state index in [2.05, 4.69) is 34.0 Å². The van der Waals surface area contributed by atoms with Crippen LogP contribution in [0.15, 0.2) is 35.6 Å². The third-order valence-electron chi connectivity index (χ3n) is 4.37. The number of hydrogen-bond acceptors (Lipinski definition) is 5. The maximum absolute atomic E-state index is 13.6. The molecule has 5 nitrogen and oxygen atoms in total. The molecule has 0 bridgehead atoms. The van der Waals surface area contributed by atoms with Crippen molar-refractivity contribution < 1.29 is 13.6 Å². The van der Waals surface area contributed by atoms with E-state index in [0.717, 1.165) is 37.1 Å². The molecule has 0 spiro atoms. The highest BCUT2D eigenvalue weighted by molar-refractivity contribution is 7.99. The summed E-state index contributed by atoms with van der Waals surface area (Å²) in [6, 6.07) is 4.81. The largest absolute Gasteiger partial charge is 0.356 e. The van der Waals surface area contributed by atoms with Crippen molar-refractivity contribution in [3.63, 3.8) is 0 Å². The van der Waals surface area contributed by atoms with Gasteiger partial charge in [-0.2, -0.15) is 0 Å². The lowest BCUT2D eigenvalue weighted by atomic mass is 9.92. The predicted molar refractivity (Wildman–Crippen MR) is 103 cm³/mol. The number of nitrogens with one attached hydrogen (secondary N) is 1. The molecule has 1 N–H and O–H groups in total. The maximum Gasteiger partial charge on any atom is 0.234 e. The first kappa shape index (κ1) is 19.5. The standard InChI is InChI=1S/C19H22F2N4OS/c1-12-5-13(2)9-25(8-12)17-7-19(23-11-22-17)27-10-18(26)24-16-6-14(20)3-4-15(16)21/h3-4,6-7,11-13H,5,8-10H2,1-2H3,(H,24,26)/t12-,13+. The zero-order valence-electron chi connectivity index (χ0n) is 15.3. The molecule has 0 aliphatic carbocycles. The molecule has 8 heteroatoms. The van der Waals surface area contributed by atoms with Gasteiger partial charge in [-0.05, 0) is 30.4 Å². The minimum atomic E-state index is -0.674. The minimum Gasteiger partial charge on any atom is -0.356 e. The summed E-state index contributed by atoms with van der Waals surface area (Å²) in [6.45, 7) is 6.36. The first-order valence-corrected chi connectivity index (χ1v) is 9.84. The number of piperidine rings is 1. The molecule has 1 aliphatic heterocycles. The van der Waals surface area contributed by atoms with Gasteiger partial charge in [-0.15, -0.1) is 0 Å². The molecule has 2 atom stereocenters. The second kappa shape index (κ2) is 8.65. The molecule has 1 aromatic carbocycles. The van der Waals surface area contributed by atoms with Gasteiger partial charge in [0.05, 0.1) is 11.4 Å². The van der Waals surface area contributed by atoms with Crippen LogP contribution in [0.25, 0.3) is 0 Å². The molecular formula is C19H22F2N4OS. The lowest BCUT2D eigenvalue weighted by Gasteiger charge is -2.35. The van der Waals surface area contributed by atoms with E-state index in [1.165, 1.54) is 24.5 Å². The fourth-order valence-corrected chi connectivity index (χ4v) is 4.01. The average molecular weight is 392 g/mol. The minimum absolute atomic E-state index is 0.0409. The second-order valence-electron chi connectivity index (χ2n) is 7.03. The molecule has 144 valence electrons. The molecule has 0 unspecified atom stereocenters. The Kier molecular flexibility index (Phi) is 6.26. The molecule has 2 heterocycles. The average Bonchev–Trinajstić information content (AvgIpc) is 2.62. The van der Waals surface area contributed by atoms with Crippen LogP contribution in [0.3, 0.4) is 0 Å². The van der Waals surface area contributed by atoms with Gasteiger partial charge >= 0.3 is 0 Å². The molecule has 1 fully saturated rings. The number of benzene rings is 1. The Morgan fingerprint density at radius 2 is 1.96 bits per heavy atom. The summed E-state index contributed by atoms with van der Waals surface area (Å²) in [5.74, 6) is 0.391. The van der Waals surface area contributed by atoms with E-state index in [-0.39, 0.29) is 11.4 Å². The maximum atomic E-state index is 13.6. The smallest absolute Gasteiger partial charge is 0.234 e. The Hall–Kier alpha value is -2.22. The summed E-state index contributed by atoms with van der Waals surface area (Å²) in [5.41, 5.74) is -0.166. The Bertz CT molecular complexity index is 810. The number of amides is 1. The topological polar surface area (TPSA) is 58.1 Å². The van der Waals surface area contributed by atoms with Gasteiger partial charge in [0.15, 0.2) is 0 Å². The van der Waals surface area contributed by atoms with E-state index in [0.29, 0.717) is 16.9 Å². The monoisotopic (exact) mass is 392 g/mol. The molecule has 0 radical (unpaired) electrons. The van der Waals surface area contributed by atoms with Crippen molar-refractivity contribution in [3.8, 4) is 0 Å². The number of rotatable bonds is 5. The number of anilines is 2. The summed E-state index contributed by atoms with van der Waals surface area (Å²) < 4.78 is 26.8. The number of aromatic nitrogens is 2. The molecule has 0 saturated carbocycles. The second-order valence-corrected chi connectivity index (χ2v) is 8.02. The van der Waals surface area contributed by atoms with Crippen molar-refractivity contribution in [2.24, 2.45) is 11.8 Å². The van der Waals surface area contributed by atoms with Crippen molar-refractivity contribution in [2.45, 2.75) is 25.3 Å². The summed E-state index contributed by atoms with van der Waals surface area (Å²) in [7, 11) is 0. The van der Waals surface area contributed by atoms with Gasteiger partial charge in [0, 0.05) is 25.2 Å². The highest BCUT2D eigenvalue weighted by Crippen LogP contribution is 2.27. The van der Waals surface area contributed by atoms with Crippen LogP contribution in [0.5, 0.6) is 0 Å². The van der Waals surface area contributed by atoms with Crippen molar-refractivity contribution >= 4 is 29.2 Å². The Balaban J connectivity index is 1.59. The van der Waals surface area contributed by atoms with Crippen LogP contribution >= 0.6 is 11.8 Å². The predicted octanol–water partition coefficient (Wildman–Crippen LogP) is 3.97. The van der Waals surface area contributed by atoms with E-state index < -0.39 is 17.5 Å². The van der Waals surface area contributed by atoms with E-state index in [1.54, 1.807) is 0 Å². The van der Waals surface area contributed by atoms with Crippen LogP contribution in [0, 0.1) is 23.5 Å². The normalized spacial score (nSPS) is 19.8. The first-order chi connectivity index (χ1) is 12.9. The number of nitrogens with zero attached hydrogens (tertiary/aromatic N) is 3. The van der Waals surface area contributed by atoms with Crippen molar-refractivity contribution in [3.05, 3.63) is 42.2 Å². The lowest BCUT2D eigenvalue weighted by Crippen LogP contribution is -2.39. The Labute approximate surface area is 161 Å². The quantitative estimate of drug-likeness (QED) is 0.616. The first-order valence-electron chi connectivity index (χ1n) is 8.85. The van der Waals surface area contributed by atoms with Crippen LogP contribution < -0.4 is 10.2 Å². The summed E-state index contributed by atoms with van der Waals surface area (Å²) in [6.07, 6.45) is 2.70. The molecule has 2 aromatic rings. The van der Waals surface area contributed by atoms with E-state index in [9.17, 15) is 13.6 Å². The van der Waals surface area contributed by atoms with E-state index >= 15 is 0 Å². The van der Waals surface area contributed by atoms with Gasteiger partial charge < -0.3 is 10.2 Å². The zero-order valence-corrected chi connectivity index (χ0v) is 16.1. The Morgan fingerprint density at radius 3 is 2.70 bits per heavy atom. The third-order valence-corrected chi connectivity index (χ3v) is 5.30. The molecule has 1 saturated heterocycles. The number of halogens is 2. The molecule has 3 rings (SSSR count). The lowest BCUT2D eigenvalue weighted by molar-refractivity contribution is -0.113. The van der Waals surface area contributed by atoms with Crippen LogP contribution in [-0.2, 0) is 4.79 Å². The van der Waals surface area contributed by atoms with E-state index in [1.807, 2.05) is 6.07 Å². The number of hydrogen-bond donors (Lipinski definition) is 1. The summed E-state index contributed by atoms with van der Waals surface area (Å²) in [5, 5.41) is 3.05. The molecular weight excluding hydrogens is 370 g/mol. The third kappa shape index (κ3) is 5.38. The highest BCUT2D eigenvalue weighted by Gasteiger charge is 2.23. The van der Waals surface area contributed by atoms with Crippen molar-refractivity contribution in [1.29, 1.82) is 0 Å². The fourth-order valence-electron chi connectivity index (χ4n) is 3.35. The number of carbonyl (C=O) groups excluding carboxylic acids is 1. The van der Waals surface area contributed by atoms with E-state index in [4.69, 9.17) is 0 Å². The number of carbonyl (C=O) groups is 1. The molecule has 1 amide bonds. The number of thioether (sulfide) groups is 1. The zero-order chi connectivity index (χ0) is 19.4. The van der Waals surface area contributed by atoms with Crippen LogP contribution in [0.2, 0.25) is 0 Å². The highest BCUT2D eigenvalue weighted by atomic mass is 32.2. The SMILES string of the molecule is C[C@@H]1C[C@H](C)CN(c2cc(SCC(=O)Nc3cc(F)ccc3F)ncn2)C1.